The molecule has 0 radical (unpaired) electrons. The molecule has 0 spiro atoms. The molecule has 2 heterocycles. The van der Waals surface area contributed by atoms with Crippen LogP contribution in [0.3, 0.4) is 0 Å². The number of fused-ring (bicyclic) bond motifs is 17. The molecule has 0 saturated carbocycles. The van der Waals surface area contributed by atoms with E-state index >= 15 is 0 Å². The number of rotatable bonds is 3. The highest BCUT2D eigenvalue weighted by atomic mass is 16.3. The molecule has 0 aliphatic heterocycles. The summed E-state index contributed by atoms with van der Waals surface area (Å²) >= 11 is 0. The lowest BCUT2D eigenvalue weighted by molar-refractivity contribution is 0.653. The van der Waals surface area contributed by atoms with Crippen LogP contribution in [0, 0.1) is 0 Å². The quantitative estimate of drug-likeness (QED) is 0.166. The highest BCUT2D eigenvalue weighted by Gasteiger charge is 2.40. The largest absolute Gasteiger partial charge is 0.455 e. The first-order valence-electron chi connectivity index (χ1n) is 23.2. The van der Waals surface area contributed by atoms with Gasteiger partial charge in [-0.3, -0.25) is 0 Å². The molecular formula is C62H45N3O. The summed E-state index contributed by atoms with van der Waals surface area (Å²) < 4.78 is 6.93. The topological polar surface area (TPSA) is 51.8 Å². The molecule has 0 amide bonds. The number of nitrogens with zero attached hydrogens (tertiary/aromatic N) is 3. The molecule has 9 aromatic carbocycles. The van der Waals surface area contributed by atoms with Crippen molar-refractivity contribution in [1.82, 2.24) is 15.0 Å². The zero-order valence-corrected chi connectivity index (χ0v) is 37.8. The van der Waals surface area contributed by atoms with Crippen molar-refractivity contribution in [3.8, 4) is 67.5 Å². The van der Waals surface area contributed by atoms with Gasteiger partial charge in [-0.25, -0.2) is 15.0 Å². The van der Waals surface area contributed by atoms with E-state index in [0.29, 0.717) is 17.5 Å². The van der Waals surface area contributed by atoms with Gasteiger partial charge in [-0.05, 0) is 107 Å². The Labute approximate surface area is 383 Å². The standard InChI is InChI=1S/C62H45N3O/c1-60(2)47-19-11-7-15-38(47)40-27-26-36(32-50(40)60)58-63-57(35-24-23-34-25-28-41-37(45(34)31-35)29-30-42-39-16-8-12-20-48(39)62(5,6)55(41)42)64-59(65-58)46-33-51-54(43-17-9-13-21-49(43)61(51,3)4)56-53(46)44-18-10-14-22-52(44)66-56/h7-33H,1-6H3. The van der Waals surface area contributed by atoms with Gasteiger partial charge in [-0.2, -0.15) is 0 Å². The monoisotopic (exact) mass is 847 g/mol. The maximum Gasteiger partial charge on any atom is 0.164 e. The summed E-state index contributed by atoms with van der Waals surface area (Å²) in [5, 5.41) is 6.95. The molecule has 0 atom stereocenters. The fraction of sp³-hybridized carbons (Fsp3) is 0.145. The molecule has 0 unspecified atom stereocenters. The third-order valence-electron chi connectivity index (χ3n) is 15.7. The molecule has 4 heteroatoms. The van der Waals surface area contributed by atoms with Crippen LogP contribution in [0.25, 0.3) is 111 Å². The third-order valence-corrected chi connectivity index (χ3v) is 15.7. The molecular weight excluding hydrogens is 803 g/mol. The molecule has 0 saturated heterocycles. The first-order valence-corrected chi connectivity index (χ1v) is 23.2. The average Bonchev–Trinajstić information content (AvgIpc) is 3.99. The van der Waals surface area contributed by atoms with Crippen LogP contribution < -0.4 is 0 Å². The number of aromatic nitrogens is 3. The molecule has 66 heavy (non-hydrogen) atoms. The van der Waals surface area contributed by atoms with Crippen molar-refractivity contribution in [3.05, 3.63) is 197 Å². The van der Waals surface area contributed by atoms with Crippen molar-refractivity contribution in [2.24, 2.45) is 0 Å². The Morgan fingerprint density at radius 1 is 0.364 bits per heavy atom. The van der Waals surface area contributed by atoms with Crippen LogP contribution in [0.15, 0.2) is 168 Å². The Bertz CT molecular complexity index is 3980. The van der Waals surface area contributed by atoms with Crippen LogP contribution in [0.5, 0.6) is 0 Å². The SMILES string of the molecule is CC1(C)c2ccccc2-c2ccc(-c3nc(-c4ccc5ccc6c7c(ccc6c5c4)-c4ccccc4C7(C)C)nc(-c4cc5c(c6oc7ccccc7c46)-c4ccccc4C5(C)C)n3)cc21. The zero-order chi connectivity index (χ0) is 44.4. The second kappa shape index (κ2) is 12.8. The molecule has 0 bridgehead atoms. The summed E-state index contributed by atoms with van der Waals surface area (Å²) in [4.78, 5) is 16.5. The summed E-state index contributed by atoms with van der Waals surface area (Å²) in [6, 6.07) is 59.9. The number of para-hydroxylation sites is 1. The Kier molecular flexibility index (Phi) is 7.28. The van der Waals surface area contributed by atoms with E-state index < -0.39 is 0 Å². The lowest BCUT2D eigenvalue weighted by Gasteiger charge is -2.23. The zero-order valence-electron chi connectivity index (χ0n) is 37.8. The van der Waals surface area contributed by atoms with Crippen molar-refractivity contribution < 1.29 is 4.42 Å². The molecule has 3 aliphatic carbocycles. The van der Waals surface area contributed by atoms with E-state index in [4.69, 9.17) is 19.4 Å². The summed E-state index contributed by atoms with van der Waals surface area (Å²) in [5.41, 5.74) is 19.4. The fourth-order valence-corrected chi connectivity index (χ4v) is 12.4. The number of hydrogen-bond donors (Lipinski definition) is 0. The second-order valence-corrected chi connectivity index (χ2v) is 20.3. The van der Waals surface area contributed by atoms with E-state index in [1.807, 2.05) is 6.07 Å². The van der Waals surface area contributed by atoms with Crippen molar-refractivity contribution in [3.63, 3.8) is 0 Å². The van der Waals surface area contributed by atoms with Gasteiger partial charge in [0, 0.05) is 49.3 Å². The van der Waals surface area contributed by atoms with Crippen molar-refractivity contribution in [2.45, 2.75) is 57.8 Å². The first-order chi connectivity index (χ1) is 32.0. The summed E-state index contributed by atoms with van der Waals surface area (Å²) in [6.07, 6.45) is 0. The van der Waals surface area contributed by atoms with Gasteiger partial charge in [0.2, 0.25) is 0 Å². The van der Waals surface area contributed by atoms with E-state index in [-0.39, 0.29) is 16.2 Å². The van der Waals surface area contributed by atoms with Crippen LogP contribution >= 0.6 is 0 Å². The van der Waals surface area contributed by atoms with Gasteiger partial charge in [-0.15, -0.1) is 0 Å². The lowest BCUT2D eigenvalue weighted by Crippen LogP contribution is -2.15. The van der Waals surface area contributed by atoms with Crippen LogP contribution in [0.1, 0.15) is 74.9 Å². The van der Waals surface area contributed by atoms with Crippen molar-refractivity contribution >= 4 is 43.5 Å². The molecule has 2 aromatic heterocycles. The van der Waals surface area contributed by atoms with Crippen molar-refractivity contribution in [1.29, 1.82) is 0 Å². The summed E-state index contributed by atoms with van der Waals surface area (Å²) in [5.74, 6) is 1.90. The van der Waals surface area contributed by atoms with Crippen LogP contribution in [-0.2, 0) is 16.2 Å². The average molecular weight is 848 g/mol. The maximum atomic E-state index is 6.93. The number of furan rings is 1. The number of hydrogen-bond acceptors (Lipinski definition) is 4. The fourth-order valence-electron chi connectivity index (χ4n) is 12.4. The highest BCUT2D eigenvalue weighted by molar-refractivity contribution is 6.18. The molecule has 4 nitrogen and oxygen atoms in total. The molecule has 0 fully saturated rings. The van der Waals surface area contributed by atoms with Gasteiger partial charge in [0.05, 0.1) is 0 Å². The molecule has 314 valence electrons. The predicted octanol–water partition coefficient (Wildman–Crippen LogP) is 16.0. The van der Waals surface area contributed by atoms with Gasteiger partial charge in [-0.1, -0.05) is 181 Å². The molecule has 0 N–H and O–H groups in total. The van der Waals surface area contributed by atoms with Gasteiger partial charge in [0.1, 0.15) is 11.2 Å². The van der Waals surface area contributed by atoms with Crippen LogP contribution in [0.2, 0.25) is 0 Å². The Hall–Kier alpha value is -7.69. The Morgan fingerprint density at radius 3 is 1.68 bits per heavy atom. The van der Waals surface area contributed by atoms with E-state index in [2.05, 4.69) is 199 Å². The minimum absolute atomic E-state index is 0.130. The number of benzene rings is 9. The first kappa shape index (κ1) is 37.7. The van der Waals surface area contributed by atoms with Crippen LogP contribution in [0.4, 0.5) is 0 Å². The third kappa shape index (κ3) is 4.86. The lowest BCUT2D eigenvalue weighted by atomic mass is 9.80. The van der Waals surface area contributed by atoms with Gasteiger partial charge >= 0.3 is 0 Å². The maximum absolute atomic E-state index is 6.93. The Balaban J connectivity index is 1.03. The van der Waals surface area contributed by atoms with Crippen molar-refractivity contribution in [2.75, 3.05) is 0 Å². The second-order valence-electron chi connectivity index (χ2n) is 20.3. The molecule has 3 aliphatic rings. The minimum atomic E-state index is -0.275. The van der Waals surface area contributed by atoms with E-state index in [9.17, 15) is 0 Å². The highest BCUT2D eigenvalue weighted by Crippen LogP contribution is 2.56. The van der Waals surface area contributed by atoms with Gasteiger partial charge in [0.25, 0.3) is 0 Å². The smallest absolute Gasteiger partial charge is 0.164 e. The minimum Gasteiger partial charge on any atom is -0.455 e. The van der Waals surface area contributed by atoms with E-state index in [1.165, 1.54) is 82.7 Å². The predicted molar refractivity (Wildman–Crippen MR) is 271 cm³/mol. The normalized spacial score (nSPS) is 15.5. The van der Waals surface area contributed by atoms with Gasteiger partial charge < -0.3 is 4.42 Å². The Morgan fingerprint density at radius 2 is 0.909 bits per heavy atom. The molecule has 14 rings (SSSR count). The van der Waals surface area contributed by atoms with Gasteiger partial charge in [0.15, 0.2) is 17.5 Å². The van der Waals surface area contributed by atoms with E-state index in [0.717, 1.165) is 44.2 Å². The van der Waals surface area contributed by atoms with Crippen LogP contribution in [-0.4, -0.2) is 15.0 Å². The molecule has 11 aromatic rings. The summed E-state index contributed by atoms with van der Waals surface area (Å²) in [6.45, 7) is 14.0. The summed E-state index contributed by atoms with van der Waals surface area (Å²) in [7, 11) is 0. The van der Waals surface area contributed by atoms with E-state index in [1.54, 1.807) is 0 Å².